The quantitative estimate of drug-likeness (QED) is 0.879. The maximum Gasteiger partial charge on any atom is 0.0948 e. The Kier molecular flexibility index (Phi) is 3.89. The van der Waals surface area contributed by atoms with Gasteiger partial charge < -0.3 is 9.88 Å². The van der Waals surface area contributed by atoms with Crippen molar-refractivity contribution in [3.05, 3.63) is 18.2 Å². The lowest BCUT2D eigenvalue weighted by Crippen LogP contribution is -2.35. The third-order valence-corrected chi connectivity index (χ3v) is 4.78. The zero-order chi connectivity index (χ0) is 13.2. The number of nitrogens with one attached hydrogen (secondary N) is 1. The van der Waals surface area contributed by atoms with Crippen molar-refractivity contribution in [3.63, 3.8) is 0 Å². The third kappa shape index (κ3) is 3.00. The van der Waals surface area contributed by atoms with Gasteiger partial charge in [-0.1, -0.05) is 0 Å². The molecule has 0 spiro atoms. The first-order valence-corrected chi connectivity index (χ1v) is 7.68. The molecule has 3 rings (SSSR count). The minimum atomic E-state index is 0.599. The lowest BCUT2D eigenvalue weighted by Gasteiger charge is -2.28. The van der Waals surface area contributed by atoms with Gasteiger partial charge in [-0.15, -0.1) is 0 Å². The summed E-state index contributed by atoms with van der Waals surface area (Å²) in [5.74, 6) is 0.696. The third-order valence-electron chi connectivity index (χ3n) is 4.78. The average molecular weight is 262 g/mol. The number of aromatic nitrogens is 2. The molecule has 2 fully saturated rings. The first kappa shape index (κ1) is 13.1. The van der Waals surface area contributed by atoms with Gasteiger partial charge in [0.05, 0.1) is 6.33 Å². The van der Waals surface area contributed by atoms with Crippen LogP contribution in [0.15, 0.2) is 12.5 Å². The van der Waals surface area contributed by atoms with Crippen molar-refractivity contribution in [1.82, 2.24) is 19.8 Å². The zero-order valence-electron chi connectivity index (χ0n) is 12.2. The van der Waals surface area contributed by atoms with Crippen LogP contribution in [0.4, 0.5) is 0 Å². The van der Waals surface area contributed by atoms with E-state index in [9.17, 15) is 0 Å². The molecule has 1 aromatic heterocycles. The lowest BCUT2D eigenvalue weighted by molar-refractivity contribution is 0.223. The maximum atomic E-state index is 4.39. The van der Waals surface area contributed by atoms with Crippen LogP contribution in [0, 0.1) is 0 Å². The lowest BCUT2D eigenvalue weighted by atomic mass is 9.95. The Hall–Kier alpha value is -0.870. The smallest absolute Gasteiger partial charge is 0.0948 e. The second kappa shape index (κ2) is 5.63. The molecule has 0 aromatic carbocycles. The van der Waals surface area contributed by atoms with E-state index in [1.54, 1.807) is 0 Å². The minimum absolute atomic E-state index is 0.599. The Morgan fingerprint density at radius 2 is 2.11 bits per heavy atom. The van der Waals surface area contributed by atoms with Crippen LogP contribution in [0.5, 0.6) is 0 Å². The number of likely N-dealkylation sites (N-methyl/N-ethyl adjacent to an activating group) is 1. The van der Waals surface area contributed by atoms with Crippen LogP contribution in [-0.2, 0) is 6.54 Å². The molecule has 2 aliphatic rings. The van der Waals surface area contributed by atoms with Crippen LogP contribution in [0.25, 0.3) is 0 Å². The van der Waals surface area contributed by atoms with Gasteiger partial charge in [-0.3, -0.25) is 4.90 Å². The molecule has 1 aliphatic carbocycles. The molecule has 1 N–H and O–H groups in total. The molecule has 1 saturated carbocycles. The molecule has 0 amide bonds. The van der Waals surface area contributed by atoms with Crippen molar-refractivity contribution in [2.75, 3.05) is 20.1 Å². The predicted molar refractivity (Wildman–Crippen MR) is 77.3 cm³/mol. The number of imidazole rings is 1. The van der Waals surface area contributed by atoms with E-state index in [1.807, 2.05) is 6.33 Å². The highest BCUT2D eigenvalue weighted by Gasteiger charge is 2.29. The number of nitrogens with zero attached hydrogens (tertiary/aromatic N) is 3. The van der Waals surface area contributed by atoms with E-state index in [0.29, 0.717) is 12.0 Å². The van der Waals surface area contributed by atoms with Gasteiger partial charge in [-0.2, -0.15) is 0 Å². The van der Waals surface area contributed by atoms with Crippen molar-refractivity contribution < 1.29 is 0 Å². The topological polar surface area (TPSA) is 33.1 Å². The van der Waals surface area contributed by atoms with Gasteiger partial charge in [0.15, 0.2) is 0 Å². The molecule has 1 aliphatic heterocycles. The second-order valence-electron chi connectivity index (χ2n) is 6.24. The molecule has 1 unspecified atom stereocenters. The first-order valence-electron chi connectivity index (χ1n) is 7.68. The fraction of sp³-hybridized carbons (Fsp3) is 0.800. The van der Waals surface area contributed by atoms with E-state index >= 15 is 0 Å². The molecule has 0 radical (unpaired) electrons. The summed E-state index contributed by atoms with van der Waals surface area (Å²) in [5.41, 5.74) is 1.44. The van der Waals surface area contributed by atoms with Gasteiger partial charge in [0.1, 0.15) is 0 Å². The fourth-order valence-electron chi connectivity index (χ4n) is 3.20. The Labute approximate surface area is 116 Å². The van der Waals surface area contributed by atoms with Gasteiger partial charge in [-0.25, -0.2) is 4.98 Å². The largest absolute Gasteiger partial charge is 0.333 e. The summed E-state index contributed by atoms with van der Waals surface area (Å²) in [4.78, 5) is 6.93. The normalized spacial score (nSPS) is 22.9. The average Bonchev–Trinajstić information content (AvgIpc) is 3.19. The summed E-state index contributed by atoms with van der Waals surface area (Å²) in [6, 6.07) is 1.43. The monoisotopic (exact) mass is 262 g/mol. The molecule has 106 valence electrons. The Morgan fingerprint density at radius 1 is 1.37 bits per heavy atom. The molecule has 19 heavy (non-hydrogen) atoms. The number of hydrogen-bond donors (Lipinski definition) is 1. The first-order chi connectivity index (χ1) is 9.25. The molecule has 0 bridgehead atoms. The molecule has 1 saturated heterocycles. The maximum absolute atomic E-state index is 4.39. The summed E-state index contributed by atoms with van der Waals surface area (Å²) >= 11 is 0. The van der Waals surface area contributed by atoms with E-state index < -0.39 is 0 Å². The van der Waals surface area contributed by atoms with Gasteiger partial charge in [0.25, 0.3) is 0 Å². The number of hydrogen-bond acceptors (Lipinski definition) is 3. The summed E-state index contributed by atoms with van der Waals surface area (Å²) in [5, 5.41) is 3.44. The molecular formula is C15H26N4. The molecular weight excluding hydrogens is 236 g/mol. The summed E-state index contributed by atoms with van der Waals surface area (Å²) in [6.45, 7) is 5.71. The minimum Gasteiger partial charge on any atom is -0.333 e. The van der Waals surface area contributed by atoms with Gasteiger partial charge in [-0.05, 0) is 52.7 Å². The van der Waals surface area contributed by atoms with Crippen molar-refractivity contribution in [1.29, 1.82) is 0 Å². The van der Waals surface area contributed by atoms with E-state index in [-0.39, 0.29) is 0 Å². The van der Waals surface area contributed by atoms with Crippen LogP contribution in [0.3, 0.4) is 0 Å². The summed E-state index contributed by atoms with van der Waals surface area (Å²) in [7, 11) is 2.27. The van der Waals surface area contributed by atoms with E-state index in [0.717, 1.165) is 25.7 Å². The summed E-state index contributed by atoms with van der Waals surface area (Å²) < 4.78 is 2.39. The molecule has 4 nitrogen and oxygen atoms in total. The van der Waals surface area contributed by atoms with Crippen molar-refractivity contribution >= 4 is 0 Å². The summed E-state index contributed by atoms with van der Waals surface area (Å²) in [6.07, 6.45) is 9.36. The Balaban J connectivity index is 1.65. The predicted octanol–water partition coefficient (Wildman–Crippen LogP) is 1.83. The molecule has 1 atom stereocenters. The highest BCUT2D eigenvalue weighted by Crippen LogP contribution is 2.28. The standard InChI is InChI=1S/C15H26N4/c1-12(18(2)14-3-4-14)10-19-11-17-9-15(19)13-5-7-16-8-6-13/h9,11-14,16H,3-8,10H2,1-2H3. The highest BCUT2D eigenvalue weighted by molar-refractivity contribution is 5.08. The molecule has 4 heteroatoms. The van der Waals surface area contributed by atoms with Crippen LogP contribution in [0.2, 0.25) is 0 Å². The van der Waals surface area contributed by atoms with Crippen LogP contribution in [0.1, 0.15) is 44.2 Å². The van der Waals surface area contributed by atoms with Gasteiger partial charge in [0, 0.05) is 36.4 Å². The van der Waals surface area contributed by atoms with Crippen LogP contribution >= 0.6 is 0 Å². The number of piperidine rings is 1. The fourth-order valence-corrected chi connectivity index (χ4v) is 3.20. The molecule has 2 heterocycles. The van der Waals surface area contributed by atoms with Crippen LogP contribution in [-0.4, -0.2) is 46.7 Å². The zero-order valence-corrected chi connectivity index (χ0v) is 12.2. The Morgan fingerprint density at radius 3 is 2.79 bits per heavy atom. The highest BCUT2D eigenvalue weighted by atomic mass is 15.2. The molecule has 1 aromatic rings. The SMILES string of the molecule is CC(Cn1cncc1C1CCNCC1)N(C)C1CC1. The van der Waals surface area contributed by atoms with Gasteiger partial charge in [0.2, 0.25) is 0 Å². The van der Waals surface area contributed by atoms with Crippen molar-refractivity contribution in [2.45, 2.75) is 57.2 Å². The van der Waals surface area contributed by atoms with E-state index in [2.05, 4.69) is 39.9 Å². The van der Waals surface area contributed by atoms with E-state index in [1.165, 1.54) is 31.4 Å². The second-order valence-corrected chi connectivity index (χ2v) is 6.24. The van der Waals surface area contributed by atoms with Gasteiger partial charge >= 0.3 is 0 Å². The van der Waals surface area contributed by atoms with Crippen LogP contribution < -0.4 is 5.32 Å². The van der Waals surface area contributed by atoms with Crippen molar-refractivity contribution in [3.8, 4) is 0 Å². The number of rotatable bonds is 5. The van der Waals surface area contributed by atoms with E-state index in [4.69, 9.17) is 0 Å². The van der Waals surface area contributed by atoms with Crippen molar-refractivity contribution in [2.24, 2.45) is 0 Å². The Bertz CT molecular complexity index is 404.